The number of aryl methyl sites for hydroxylation is 2. The zero-order valence-corrected chi connectivity index (χ0v) is 16.4. The number of hydrogen-bond acceptors (Lipinski definition) is 3. The molecular formula is C24H24N2O3. The van der Waals surface area contributed by atoms with Gasteiger partial charge < -0.3 is 10.8 Å². The number of fused-ring (bicyclic) bond motifs is 2. The molecule has 0 bridgehead atoms. The van der Waals surface area contributed by atoms with E-state index in [2.05, 4.69) is 18.2 Å². The molecule has 2 aromatic heterocycles. The summed E-state index contributed by atoms with van der Waals surface area (Å²) in [4.78, 5) is 24.3. The van der Waals surface area contributed by atoms with E-state index < -0.39 is 11.5 Å². The summed E-state index contributed by atoms with van der Waals surface area (Å²) >= 11 is 0. The molecule has 1 unspecified atom stereocenters. The quantitative estimate of drug-likeness (QED) is 0.705. The zero-order valence-electron chi connectivity index (χ0n) is 16.4. The normalized spacial score (nSPS) is 18.6. The molecule has 3 N–H and O–H groups in total. The van der Waals surface area contributed by atoms with Crippen LogP contribution >= 0.6 is 0 Å². The summed E-state index contributed by atoms with van der Waals surface area (Å²) in [6, 6.07) is 10.1. The number of benzene rings is 1. The number of carboxylic acid groups (broad SMARTS) is 1. The first kappa shape index (κ1) is 18.1. The van der Waals surface area contributed by atoms with Crippen LogP contribution in [0.1, 0.15) is 70.3 Å². The molecule has 1 atom stereocenters. The number of carboxylic acids is 1. The third-order valence-electron chi connectivity index (χ3n) is 6.48. The van der Waals surface area contributed by atoms with E-state index in [1.54, 1.807) is 12.3 Å². The number of pyridine rings is 2. The predicted molar refractivity (Wildman–Crippen MR) is 113 cm³/mol. The highest BCUT2D eigenvalue weighted by Gasteiger charge is 2.29. The average molecular weight is 388 g/mol. The molecule has 2 aliphatic carbocycles. The topological polar surface area (TPSA) is 84.8 Å². The maximum Gasteiger partial charge on any atom is 0.341 e. The highest BCUT2D eigenvalue weighted by Crippen LogP contribution is 2.43. The maximum atomic E-state index is 12.8. The van der Waals surface area contributed by atoms with E-state index >= 15 is 0 Å². The monoisotopic (exact) mass is 388 g/mol. The average Bonchev–Trinajstić information content (AvgIpc) is 3.54. The van der Waals surface area contributed by atoms with Gasteiger partial charge >= 0.3 is 5.97 Å². The number of carbonyl (C=O) groups is 1. The second-order valence-corrected chi connectivity index (χ2v) is 8.38. The Bertz CT molecular complexity index is 1220. The Morgan fingerprint density at radius 1 is 1.14 bits per heavy atom. The van der Waals surface area contributed by atoms with Crippen LogP contribution in [0.25, 0.3) is 16.6 Å². The lowest BCUT2D eigenvalue weighted by atomic mass is 9.85. The van der Waals surface area contributed by atoms with Gasteiger partial charge in [0.2, 0.25) is 0 Å². The van der Waals surface area contributed by atoms with Crippen LogP contribution in [-0.4, -0.2) is 15.5 Å². The standard InChI is InChI=1S/C24H24N2O3/c1-13-17(16-7-8-18-15(11-16)3-2-4-21(18)25)9-10-26-22(13)19(14-5-6-14)12-20(23(26)27)24(28)29/h7-12,14,21H,2-6,25H2,1H3,(H,28,29). The van der Waals surface area contributed by atoms with Gasteiger partial charge in [-0.05, 0) is 90.5 Å². The summed E-state index contributed by atoms with van der Waals surface area (Å²) in [6.07, 6.45) is 6.97. The van der Waals surface area contributed by atoms with Crippen molar-refractivity contribution < 1.29 is 9.90 Å². The summed E-state index contributed by atoms with van der Waals surface area (Å²) in [5.41, 5.74) is 13.2. The summed E-state index contributed by atoms with van der Waals surface area (Å²) in [5, 5.41) is 9.46. The second kappa shape index (κ2) is 6.56. The van der Waals surface area contributed by atoms with Gasteiger partial charge in [-0.1, -0.05) is 18.2 Å². The molecule has 29 heavy (non-hydrogen) atoms. The molecule has 5 nitrogen and oxygen atoms in total. The Labute approximate surface area is 168 Å². The van der Waals surface area contributed by atoms with Gasteiger partial charge in [-0.3, -0.25) is 9.20 Å². The van der Waals surface area contributed by atoms with E-state index in [9.17, 15) is 14.7 Å². The van der Waals surface area contributed by atoms with Crippen LogP contribution in [0.5, 0.6) is 0 Å². The van der Waals surface area contributed by atoms with Gasteiger partial charge in [0, 0.05) is 12.2 Å². The van der Waals surface area contributed by atoms with Crippen molar-refractivity contribution in [1.82, 2.24) is 4.40 Å². The van der Waals surface area contributed by atoms with E-state index in [0.29, 0.717) is 5.92 Å². The van der Waals surface area contributed by atoms with Crippen molar-refractivity contribution in [3.05, 3.63) is 74.7 Å². The molecule has 0 saturated heterocycles. The van der Waals surface area contributed by atoms with E-state index in [1.807, 2.05) is 13.0 Å². The van der Waals surface area contributed by atoms with E-state index in [1.165, 1.54) is 15.5 Å². The minimum absolute atomic E-state index is 0.111. The first-order valence-corrected chi connectivity index (χ1v) is 10.3. The first-order chi connectivity index (χ1) is 14.0. The summed E-state index contributed by atoms with van der Waals surface area (Å²) in [5.74, 6) is -0.835. The number of aromatic nitrogens is 1. The zero-order chi connectivity index (χ0) is 20.3. The lowest BCUT2D eigenvalue weighted by molar-refractivity contribution is 0.0694. The van der Waals surface area contributed by atoms with Crippen molar-refractivity contribution in [2.75, 3.05) is 0 Å². The Balaban J connectivity index is 1.74. The van der Waals surface area contributed by atoms with Crippen molar-refractivity contribution in [1.29, 1.82) is 0 Å². The second-order valence-electron chi connectivity index (χ2n) is 8.38. The SMILES string of the molecule is Cc1c(-c2ccc3c(c2)CCCC3N)ccn2c(=O)c(C(=O)O)cc(C3CC3)c12. The minimum atomic E-state index is -1.17. The Morgan fingerprint density at radius 2 is 1.93 bits per heavy atom. The van der Waals surface area contributed by atoms with Crippen molar-refractivity contribution >= 4 is 11.5 Å². The first-order valence-electron chi connectivity index (χ1n) is 10.3. The van der Waals surface area contributed by atoms with Crippen LogP contribution in [-0.2, 0) is 6.42 Å². The number of nitrogens with zero attached hydrogens (tertiary/aromatic N) is 1. The van der Waals surface area contributed by atoms with Gasteiger partial charge in [0.25, 0.3) is 5.56 Å². The largest absolute Gasteiger partial charge is 0.477 e. The molecule has 5 heteroatoms. The Kier molecular flexibility index (Phi) is 4.10. The number of nitrogens with two attached hydrogens (primary N) is 1. The van der Waals surface area contributed by atoms with Crippen molar-refractivity contribution in [3.8, 4) is 11.1 Å². The van der Waals surface area contributed by atoms with E-state index in [0.717, 1.165) is 59.9 Å². The fourth-order valence-electron chi connectivity index (χ4n) is 4.79. The van der Waals surface area contributed by atoms with Crippen LogP contribution in [0, 0.1) is 6.92 Å². The van der Waals surface area contributed by atoms with Crippen LogP contribution in [0.3, 0.4) is 0 Å². The summed E-state index contributed by atoms with van der Waals surface area (Å²) in [7, 11) is 0. The Morgan fingerprint density at radius 3 is 2.66 bits per heavy atom. The van der Waals surface area contributed by atoms with Gasteiger partial charge in [0.1, 0.15) is 5.56 Å². The molecule has 2 aliphatic rings. The smallest absolute Gasteiger partial charge is 0.341 e. The predicted octanol–water partition coefficient (Wildman–Crippen LogP) is 4.19. The van der Waals surface area contributed by atoms with E-state index in [4.69, 9.17) is 5.73 Å². The van der Waals surface area contributed by atoms with Crippen LogP contribution in [0.2, 0.25) is 0 Å². The number of aromatic carboxylic acids is 1. The molecule has 0 amide bonds. The van der Waals surface area contributed by atoms with Crippen molar-refractivity contribution in [2.45, 2.75) is 51.0 Å². The van der Waals surface area contributed by atoms with Gasteiger partial charge in [-0.15, -0.1) is 0 Å². The van der Waals surface area contributed by atoms with Crippen molar-refractivity contribution in [3.63, 3.8) is 0 Å². The highest BCUT2D eigenvalue weighted by molar-refractivity contribution is 5.89. The maximum absolute atomic E-state index is 12.8. The summed E-state index contributed by atoms with van der Waals surface area (Å²) < 4.78 is 1.52. The van der Waals surface area contributed by atoms with Crippen molar-refractivity contribution in [2.24, 2.45) is 5.73 Å². The fraction of sp³-hybridized carbons (Fsp3) is 0.333. The van der Waals surface area contributed by atoms with Crippen LogP contribution in [0.15, 0.2) is 41.3 Å². The number of hydrogen-bond donors (Lipinski definition) is 2. The van der Waals surface area contributed by atoms with Gasteiger partial charge in [0.15, 0.2) is 0 Å². The molecule has 3 aromatic rings. The van der Waals surface area contributed by atoms with Crippen LogP contribution in [0.4, 0.5) is 0 Å². The Hall–Kier alpha value is -2.92. The molecule has 5 rings (SSSR count). The molecular weight excluding hydrogens is 364 g/mol. The highest BCUT2D eigenvalue weighted by atomic mass is 16.4. The summed E-state index contributed by atoms with van der Waals surface area (Å²) in [6.45, 7) is 2.03. The fourth-order valence-corrected chi connectivity index (χ4v) is 4.79. The molecule has 0 aliphatic heterocycles. The van der Waals surface area contributed by atoms with Gasteiger partial charge in [0.05, 0.1) is 5.52 Å². The lowest BCUT2D eigenvalue weighted by Gasteiger charge is -2.23. The third kappa shape index (κ3) is 2.88. The molecule has 0 spiro atoms. The minimum Gasteiger partial charge on any atom is -0.477 e. The molecule has 2 heterocycles. The molecule has 1 fully saturated rings. The molecule has 1 saturated carbocycles. The number of rotatable bonds is 3. The van der Waals surface area contributed by atoms with Crippen LogP contribution < -0.4 is 11.3 Å². The van der Waals surface area contributed by atoms with Gasteiger partial charge in [-0.25, -0.2) is 4.79 Å². The molecule has 1 aromatic carbocycles. The van der Waals surface area contributed by atoms with E-state index in [-0.39, 0.29) is 11.6 Å². The third-order valence-corrected chi connectivity index (χ3v) is 6.48. The molecule has 0 radical (unpaired) electrons. The lowest BCUT2D eigenvalue weighted by Crippen LogP contribution is -2.23. The van der Waals surface area contributed by atoms with Gasteiger partial charge in [-0.2, -0.15) is 0 Å². The molecule has 148 valence electrons.